The normalized spacial score (nSPS) is 22.9. The van der Waals surface area contributed by atoms with Gasteiger partial charge in [-0.25, -0.2) is 0 Å². The fourth-order valence-corrected chi connectivity index (χ4v) is 3.21. The highest BCUT2D eigenvalue weighted by molar-refractivity contribution is 6.34. The molecule has 1 atom stereocenters. The Morgan fingerprint density at radius 2 is 1.95 bits per heavy atom. The van der Waals surface area contributed by atoms with Crippen molar-refractivity contribution in [3.05, 3.63) is 29.3 Å². The standard InChI is InChI=1S/C16H19ClN2O3/c17-12-3-1-2-4-14(12)19-8-5-13(16(19)21)18-15(20)11-6-9-22-10-7-11/h1-4,11,13H,5-10H2,(H,18,20). The van der Waals surface area contributed by atoms with Crippen LogP contribution in [0.1, 0.15) is 19.3 Å². The monoisotopic (exact) mass is 322 g/mol. The Kier molecular flexibility index (Phi) is 4.64. The molecule has 5 nitrogen and oxygen atoms in total. The van der Waals surface area contributed by atoms with Crippen molar-refractivity contribution in [3.63, 3.8) is 0 Å². The molecule has 0 saturated carbocycles. The van der Waals surface area contributed by atoms with Crippen molar-refractivity contribution >= 4 is 29.1 Å². The Morgan fingerprint density at radius 3 is 2.68 bits per heavy atom. The van der Waals surface area contributed by atoms with Crippen LogP contribution in [0.4, 0.5) is 5.69 Å². The fourth-order valence-electron chi connectivity index (χ4n) is 2.97. The molecule has 6 heteroatoms. The summed E-state index contributed by atoms with van der Waals surface area (Å²) >= 11 is 6.15. The Labute approximate surface area is 134 Å². The highest BCUT2D eigenvalue weighted by Gasteiger charge is 2.35. The molecule has 1 aromatic rings. The van der Waals surface area contributed by atoms with Crippen LogP contribution in [0.3, 0.4) is 0 Å². The van der Waals surface area contributed by atoms with Crippen molar-refractivity contribution in [2.24, 2.45) is 5.92 Å². The molecule has 2 amide bonds. The predicted molar refractivity (Wildman–Crippen MR) is 83.9 cm³/mol. The zero-order valence-corrected chi connectivity index (χ0v) is 13.0. The lowest BCUT2D eigenvalue weighted by Crippen LogP contribution is -2.45. The van der Waals surface area contributed by atoms with Crippen LogP contribution >= 0.6 is 11.6 Å². The Balaban J connectivity index is 1.64. The number of nitrogens with zero attached hydrogens (tertiary/aromatic N) is 1. The van der Waals surface area contributed by atoms with Gasteiger partial charge in [-0.1, -0.05) is 23.7 Å². The van der Waals surface area contributed by atoms with Crippen molar-refractivity contribution in [1.29, 1.82) is 0 Å². The first-order valence-corrected chi connectivity index (χ1v) is 7.98. The van der Waals surface area contributed by atoms with Crippen LogP contribution in [0.2, 0.25) is 5.02 Å². The van der Waals surface area contributed by atoms with Gasteiger partial charge in [-0.2, -0.15) is 0 Å². The first-order valence-electron chi connectivity index (χ1n) is 7.61. The summed E-state index contributed by atoms with van der Waals surface area (Å²) < 4.78 is 5.26. The number of carbonyl (C=O) groups is 2. The number of amides is 2. The molecule has 0 radical (unpaired) electrons. The van der Waals surface area contributed by atoms with Crippen LogP contribution in [0.25, 0.3) is 0 Å². The lowest BCUT2D eigenvalue weighted by molar-refractivity contribution is -0.131. The highest BCUT2D eigenvalue weighted by atomic mass is 35.5. The first-order chi connectivity index (χ1) is 10.7. The van der Waals surface area contributed by atoms with E-state index in [9.17, 15) is 9.59 Å². The summed E-state index contributed by atoms with van der Waals surface area (Å²) in [5, 5.41) is 3.44. The second-order valence-corrected chi connectivity index (χ2v) is 6.08. The minimum Gasteiger partial charge on any atom is -0.381 e. The number of para-hydroxylation sites is 1. The maximum absolute atomic E-state index is 12.5. The molecule has 1 N–H and O–H groups in total. The van der Waals surface area contributed by atoms with Gasteiger partial charge in [0.2, 0.25) is 11.8 Å². The molecule has 2 fully saturated rings. The van der Waals surface area contributed by atoms with Crippen LogP contribution in [0.5, 0.6) is 0 Å². The number of hydrogen-bond acceptors (Lipinski definition) is 3. The number of anilines is 1. The largest absolute Gasteiger partial charge is 0.381 e. The van der Waals surface area contributed by atoms with Gasteiger partial charge in [0, 0.05) is 25.7 Å². The lowest BCUT2D eigenvalue weighted by Gasteiger charge is -2.23. The molecule has 0 spiro atoms. The summed E-state index contributed by atoms with van der Waals surface area (Å²) in [6.45, 7) is 1.80. The molecule has 1 aromatic carbocycles. The van der Waals surface area contributed by atoms with Gasteiger partial charge in [0.25, 0.3) is 0 Å². The second-order valence-electron chi connectivity index (χ2n) is 5.68. The zero-order valence-electron chi connectivity index (χ0n) is 12.3. The molecule has 118 valence electrons. The zero-order chi connectivity index (χ0) is 15.5. The van der Waals surface area contributed by atoms with Gasteiger partial charge in [0.15, 0.2) is 0 Å². The highest BCUT2D eigenvalue weighted by Crippen LogP contribution is 2.29. The van der Waals surface area contributed by atoms with E-state index in [1.165, 1.54) is 0 Å². The third-order valence-corrected chi connectivity index (χ3v) is 4.58. The van der Waals surface area contributed by atoms with Gasteiger partial charge in [0.1, 0.15) is 6.04 Å². The quantitative estimate of drug-likeness (QED) is 0.926. The van der Waals surface area contributed by atoms with E-state index in [2.05, 4.69) is 5.32 Å². The van der Waals surface area contributed by atoms with E-state index in [0.29, 0.717) is 36.9 Å². The van der Waals surface area contributed by atoms with E-state index in [0.717, 1.165) is 12.8 Å². The molecule has 22 heavy (non-hydrogen) atoms. The van der Waals surface area contributed by atoms with Crippen LogP contribution in [0, 0.1) is 5.92 Å². The van der Waals surface area contributed by atoms with Crippen molar-refractivity contribution in [2.45, 2.75) is 25.3 Å². The SMILES string of the molecule is O=C(NC1CCN(c2ccccc2Cl)C1=O)C1CCOCC1. The predicted octanol–water partition coefficient (Wildman–Crippen LogP) is 1.99. The molecule has 0 bridgehead atoms. The summed E-state index contributed by atoms with van der Waals surface area (Å²) in [4.78, 5) is 26.4. The number of carbonyl (C=O) groups excluding carboxylic acids is 2. The van der Waals surface area contributed by atoms with Gasteiger partial charge >= 0.3 is 0 Å². The first kappa shape index (κ1) is 15.3. The van der Waals surface area contributed by atoms with Crippen LogP contribution in [-0.2, 0) is 14.3 Å². The van der Waals surface area contributed by atoms with E-state index < -0.39 is 6.04 Å². The molecule has 0 aliphatic carbocycles. The maximum atomic E-state index is 12.5. The summed E-state index contributed by atoms with van der Waals surface area (Å²) in [6, 6.07) is 6.81. The molecule has 2 heterocycles. The van der Waals surface area contributed by atoms with E-state index >= 15 is 0 Å². The van der Waals surface area contributed by atoms with Crippen LogP contribution in [-0.4, -0.2) is 37.6 Å². The molecular weight excluding hydrogens is 304 g/mol. The van der Waals surface area contributed by atoms with Gasteiger partial charge in [-0.3, -0.25) is 9.59 Å². The van der Waals surface area contributed by atoms with E-state index in [1.807, 2.05) is 18.2 Å². The molecule has 2 aliphatic rings. The minimum absolute atomic E-state index is 0.0392. The number of rotatable bonds is 3. The van der Waals surface area contributed by atoms with Crippen LogP contribution in [0.15, 0.2) is 24.3 Å². The topological polar surface area (TPSA) is 58.6 Å². The van der Waals surface area contributed by atoms with Gasteiger partial charge in [0.05, 0.1) is 10.7 Å². The van der Waals surface area contributed by atoms with Gasteiger partial charge < -0.3 is 15.0 Å². The van der Waals surface area contributed by atoms with Crippen molar-refractivity contribution in [2.75, 3.05) is 24.7 Å². The number of nitrogens with one attached hydrogen (secondary N) is 1. The second kappa shape index (κ2) is 6.67. The third kappa shape index (κ3) is 3.10. The Morgan fingerprint density at radius 1 is 1.23 bits per heavy atom. The molecule has 2 saturated heterocycles. The molecule has 1 unspecified atom stereocenters. The Hall–Kier alpha value is -1.59. The number of hydrogen-bond donors (Lipinski definition) is 1. The summed E-state index contributed by atoms with van der Waals surface area (Å²) in [5.41, 5.74) is 0.706. The van der Waals surface area contributed by atoms with Crippen molar-refractivity contribution < 1.29 is 14.3 Å². The average molecular weight is 323 g/mol. The van der Waals surface area contributed by atoms with Gasteiger partial charge in [-0.15, -0.1) is 0 Å². The van der Waals surface area contributed by atoms with Crippen LogP contribution < -0.4 is 10.2 Å². The smallest absolute Gasteiger partial charge is 0.249 e. The fraction of sp³-hybridized carbons (Fsp3) is 0.500. The molecule has 0 aromatic heterocycles. The van der Waals surface area contributed by atoms with Crippen molar-refractivity contribution in [3.8, 4) is 0 Å². The van der Waals surface area contributed by atoms with E-state index in [4.69, 9.17) is 16.3 Å². The minimum atomic E-state index is -0.452. The summed E-state index contributed by atoms with van der Waals surface area (Å²) in [6.07, 6.45) is 2.06. The Bertz CT molecular complexity index is 572. The summed E-state index contributed by atoms with van der Waals surface area (Å²) in [5.74, 6) is -0.174. The van der Waals surface area contributed by atoms with E-state index in [-0.39, 0.29) is 17.7 Å². The molecule has 2 aliphatic heterocycles. The average Bonchev–Trinajstić information content (AvgIpc) is 2.90. The number of halogens is 1. The van der Waals surface area contributed by atoms with Crippen molar-refractivity contribution in [1.82, 2.24) is 5.32 Å². The lowest BCUT2D eigenvalue weighted by atomic mass is 9.99. The summed E-state index contributed by atoms with van der Waals surface area (Å²) in [7, 11) is 0. The molecular formula is C16H19ClN2O3. The third-order valence-electron chi connectivity index (χ3n) is 4.26. The maximum Gasteiger partial charge on any atom is 0.249 e. The van der Waals surface area contributed by atoms with Gasteiger partial charge in [-0.05, 0) is 31.4 Å². The molecule has 3 rings (SSSR count). The number of benzene rings is 1. The number of ether oxygens (including phenoxy) is 1. The van der Waals surface area contributed by atoms with E-state index in [1.54, 1.807) is 11.0 Å².